The maximum atomic E-state index is 12.1. The lowest BCUT2D eigenvalue weighted by molar-refractivity contribution is -0.116. The van der Waals surface area contributed by atoms with Crippen LogP contribution in [0.25, 0.3) is 0 Å². The maximum Gasteiger partial charge on any atom is 0.263 e. The molecule has 0 saturated carbocycles. The smallest absolute Gasteiger partial charge is 0.263 e. The molecule has 0 radical (unpaired) electrons. The number of nitrogens with zero attached hydrogens (tertiary/aromatic N) is 1. The number of unbranched alkanes of at least 4 members (excludes halogenated alkanes) is 2. The molecule has 0 atom stereocenters. The number of hydrogen-bond acceptors (Lipinski definition) is 5. The summed E-state index contributed by atoms with van der Waals surface area (Å²) in [7, 11) is -3.51. The van der Waals surface area contributed by atoms with Crippen molar-refractivity contribution >= 4 is 33.4 Å². The van der Waals surface area contributed by atoms with E-state index in [2.05, 4.69) is 15.0 Å². The third-order valence-electron chi connectivity index (χ3n) is 4.77. The number of aryl methyl sites for hydroxylation is 1. The average molecular weight is 429 g/mol. The monoisotopic (exact) mass is 428 g/mol. The number of sulfonamides is 1. The largest absolute Gasteiger partial charge is 0.366 e. The molecule has 0 saturated heterocycles. The Labute approximate surface area is 175 Å². The van der Waals surface area contributed by atoms with Crippen LogP contribution in [0.3, 0.4) is 0 Å². The fraction of sp³-hybridized carbons (Fsp3) is 0.286. The number of nitrogens with one attached hydrogen (secondary N) is 2. The maximum absolute atomic E-state index is 12.1. The van der Waals surface area contributed by atoms with Crippen LogP contribution in [-0.2, 0) is 14.8 Å². The number of amidine groups is 1. The first-order chi connectivity index (χ1) is 14.3. The molecule has 2 amide bonds. The minimum atomic E-state index is -3.51. The Hall–Kier alpha value is -3.20. The summed E-state index contributed by atoms with van der Waals surface area (Å²) in [5.74, 6) is -0.231. The predicted octanol–water partition coefficient (Wildman–Crippen LogP) is 2.33. The molecule has 0 spiro atoms. The van der Waals surface area contributed by atoms with Crippen LogP contribution in [0, 0.1) is 6.92 Å². The van der Waals surface area contributed by atoms with Crippen LogP contribution in [0.1, 0.15) is 47.2 Å². The third-order valence-corrected chi connectivity index (χ3v) is 6.17. The van der Waals surface area contributed by atoms with Gasteiger partial charge in [-0.2, -0.15) is 0 Å². The minimum absolute atomic E-state index is 0.106. The summed E-state index contributed by atoms with van der Waals surface area (Å²) in [5, 5.41) is 2.81. The third kappa shape index (κ3) is 5.04. The van der Waals surface area contributed by atoms with Gasteiger partial charge in [0.2, 0.25) is 11.8 Å². The second-order valence-corrected chi connectivity index (χ2v) is 8.74. The van der Waals surface area contributed by atoms with Crippen molar-refractivity contribution in [3.8, 4) is 0 Å². The van der Waals surface area contributed by atoms with Gasteiger partial charge in [0, 0.05) is 29.8 Å². The summed E-state index contributed by atoms with van der Waals surface area (Å²) in [4.78, 5) is 28.0. The van der Waals surface area contributed by atoms with Crippen LogP contribution >= 0.6 is 0 Å². The van der Waals surface area contributed by atoms with Gasteiger partial charge in [-0.1, -0.05) is 18.6 Å². The second kappa shape index (κ2) is 9.08. The number of fused-ring (bicyclic) bond motifs is 1. The fourth-order valence-corrected chi connectivity index (χ4v) is 4.51. The lowest BCUT2D eigenvalue weighted by atomic mass is 10.1. The van der Waals surface area contributed by atoms with Gasteiger partial charge in [-0.15, -0.1) is 0 Å². The number of hydrogen-bond donors (Lipinski definition) is 3. The number of carbonyl (C=O) groups excluding carboxylic acids is 2. The molecule has 2 aromatic carbocycles. The van der Waals surface area contributed by atoms with Crippen molar-refractivity contribution in [2.24, 2.45) is 10.7 Å². The molecule has 4 N–H and O–H groups in total. The van der Waals surface area contributed by atoms with Crippen molar-refractivity contribution in [2.45, 2.75) is 37.5 Å². The topological polar surface area (TPSA) is 131 Å². The van der Waals surface area contributed by atoms with Gasteiger partial charge in [-0.3, -0.25) is 19.3 Å². The molecule has 0 aromatic heterocycles. The van der Waals surface area contributed by atoms with Gasteiger partial charge >= 0.3 is 0 Å². The fourth-order valence-electron chi connectivity index (χ4n) is 3.26. The van der Waals surface area contributed by atoms with E-state index in [-0.39, 0.29) is 10.8 Å². The van der Waals surface area contributed by atoms with Gasteiger partial charge < -0.3 is 11.1 Å². The molecule has 8 nitrogen and oxygen atoms in total. The van der Waals surface area contributed by atoms with E-state index >= 15 is 0 Å². The summed E-state index contributed by atoms with van der Waals surface area (Å²) >= 11 is 0. The number of anilines is 1. The highest BCUT2D eigenvalue weighted by molar-refractivity contribution is 7.90. The van der Waals surface area contributed by atoms with Gasteiger partial charge in [0.25, 0.3) is 10.0 Å². The van der Waals surface area contributed by atoms with Crippen LogP contribution in [0.15, 0.2) is 52.4 Å². The highest BCUT2D eigenvalue weighted by atomic mass is 32.2. The van der Waals surface area contributed by atoms with Gasteiger partial charge in [-0.05, 0) is 55.7 Å². The molecular formula is C21H24N4O4S. The summed E-state index contributed by atoms with van der Waals surface area (Å²) in [6, 6.07) is 11.7. The van der Waals surface area contributed by atoms with E-state index in [1.165, 1.54) is 0 Å². The van der Waals surface area contributed by atoms with Crippen molar-refractivity contribution < 1.29 is 18.0 Å². The number of carbonyl (C=O) groups is 2. The molecule has 1 aliphatic rings. The average Bonchev–Trinajstić information content (AvgIpc) is 2.95. The van der Waals surface area contributed by atoms with Crippen LogP contribution in [0.5, 0.6) is 0 Å². The quantitative estimate of drug-likeness (QED) is 0.557. The zero-order chi connectivity index (χ0) is 21.7. The van der Waals surface area contributed by atoms with Crippen LogP contribution < -0.4 is 15.8 Å². The van der Waals surface area contributed by atoms with E-state index in [9.17, 15) is 18.0 Å². The standard InChI is InChI=1S/C21H24N4O4S/c1-14-13-15(10-11-16(14)20(22)27)24-19(26)9-3-2-6-12-23-21-17-7-4-5-8-18(17)30(28,29)25-21/h4-5,7-8,10-11,13H,2-3,6,9,12H2,1H3,(H2,22,27)(H,23,25)(H,24,26). The van der Waals surface area contributed by atoms with Crippen LogP contribution in [-0.4, -0.2) is 32.6 Å². The van der Waals surface area contributed by atoms with Gasteiger partial charge in [0.1, 0.15) is 5.84 Å². The van der Waals surface area contributed by atoms with Crippen molar-refractivity contribution in [2.75, 3.05) is 11.9 Å². The molecule has 1 aliphatic heterocycles. The SMILES string of the molecule is Cc1cc(NC(=O)CCCCCN=C2NS(=O)(=O)c3ccccc32)ccc1C(N)=O. The predicted molar refractivity (Wildman–Crippen MR) is 115 cm³/mol. The molecule has 3 rings (SSSR count). The lowest BCUT2D eigenvalue weighted by Gasteiger charge is -2.08. The molecule has 2 aromatic rings. The van der Waals surface area contributed by atoms with Crippen molar-refractivity contribution in [1.29, 1.82) is 0 Å². The molecule has 1 heterocycles. The first-order valence-corrected chi connectivity index (χ1v) is 11.1. The van der Waals surface area contributed by atoms with E-state index in [4.69, 9.17) is 5.73 Å². The van der Waals surface area contributed by atoms with E-state index in [1.54, 1.807) is 49.4 Å². The zero-order valence-electron chi connectivity index (χ0n) is 16.6. The Morgan fingerprint density at radius 1 is 1.10 bits per heavy atom. The molecule has 9 heteroatoms. The highest BCUT2D eigenvalue weighted by Gasteiger charge is 2.29. The Kier molecular flexibility index (Phi) is 6.51. The highest BCUT2D eigenvalue weighted by Crippen LogP contribution is 2.22. The number of amides is 2. The summed E-state index contributed by atoms with van der Waals surface area (Å²) < 4.78 is 26.6. The summed E-state index contributed by atoms with van der Waals surface area (Å²) in [6.45, 7) is 2.24. The van der Waals surface area contributed by atoms with E-state index in [0.717, 1.165) is 12.8 Å². The molecule has 0 aliphatic carbocycles. The first kappa shape index (κ1) is 21.5. The van der Waals surface area contributed by atoms with E-state index in [0.29, 0.717) is 47.6 Å². The second-order valence-electron chi connectivity index (χ2n) is 7.08. The number of primary amides is 1. The number of nitrogens with two attached hydrogens (primary N) is 1. The molecule has 158 valence electrons. The Bertz CT molecular complexity index is 1110. The number of benzene rings is 2. The Morgan fingerprint density at radius 2 is 1.87 bits per heavy atom. The Balaban J connectivity index is 1.42. The minimum Gasteiger partial charge on any atom is -0.366 e. The van der Waals surface area contributed by atoms with Crippen molar-refractivity contribution in [3.05, 3.63) is 59.2 Å². The summed E-state index contributed by atoms with van der Waals surface area (Å²) in [5.41, 5.74) is 7.64. The zero-order valence-corrected chi connectivity index (χ0v) is 17.5. The van der Waals surface area contributed by atoms with E-state index < -0.39 is 15.9 Å². The molecular weight excluding hydrogens is 404 g/mol. The first-order valence-electron chi connectivity index (χ1n) is 9.65. The number of aliphatic imine (C=N–C) groups is 1. The van der Waals surface area contributed by atoms with Crippen molar-refractivity contribution in [3.63, 3.8) is 0 Å². The van der Waals surface area contributed by atoms with Gasteiger partial charge in [0.15, 0.2) is 0 Å². The van der Waals surface area contributed by atoms with Gasteiger partial charge in [0.05, 0.1) is 4.90 Å². The molecule has 0 unspecified atom stereocenters. The van der Waals surface area contributed by atoms with Crippen LogP contribution in [0.4, 0.5) is 5.69 Å². The normalized spacial score (nSPS) is 15.4. The van der Waals surface area contributed by atoms with Crippen LogP contribution in [0.2, 0.25) is 0 Å². The Morgan fingerprint density at radius 3 is 2.60 bits per heavy atom. The van der Waals surface area contributed by atoms with Gasteiger partial charge in [-0.25, -0.2) is 8.42 Å². The molecule has 30 heavy (non-hydrogen) atoms. The number of rotatable bonds is 8. The lowest BCUT2D eigenvalue weighted by Crippen LogP contribution is -2.22. The molecule has 0 fully saturated rings. The summed E-state index contributed by atoms with van der Waals surface area (Å²) in [6.07, 6.45) is 2.59. The molecule has 0 bridgehead atoms. The van der Waals surface area contributed by atoms with E-state index in [1.807, 2.05) is 0 Å². The van der Waals surface area contributed by atoms with Crippen molar-refractivity contribution in [1.82, 2.24) is 4.72 Å².